The van der Waals surface area contributed by atoms with Crippen LogP contribution in [-0.2, 0) is 54.8 Å². The number of pyridine rings is 4. The van der Waals surface area contributed by atoms with Gasteiger partial charge in [-0.3, -0.25) is 19.9 Å². The summed E-state index contributed by atoms with van der Waals surface area (Å²) in [7, 11) is 0. The lowest BCUT2D eigenvalue weighted by atomic mass is 9.63. The van der Waals surface area contributed by atoms with E-state index >= 15 is 0 Å². The third-order valence-corrected chi connectivity index (χ3v) is 24.7. The van der Waals surface area contributed by atoms with Crippen molar-refractivity contribution in [2.75, 3.05) is 0 Å². The van der Waals surface area contributed by atoms with Crippen LogP contribution >= 0.6 is 0 Å². The predicted molar refractivity (Wildman–Crippen MR) is 480 cm³/mol. The molecule has 0 fully saturated rings. The second-order valence-electron chi connectivity index (χ2n) is 30.8. The van der Waals surface area contributed by atoms with Crippen molar-refractivity contribution < 1.29 is 0 Å². The van der Waals surface area contributed by atoms with Crippen molar-refractivity contribution in [1.29, 1.82) is 0 Å². The van der Waals surface area contributed by atoms with E-state index in [1.807, 2.05) is 61.7 Å². The molecule has 0 saturated heterocycles. The van der Waals surface area contributed by atoms with Gasteiger partial charge in [-0.1, -0.05) is 364 Å². The third-order valence-electron chi connectivity index (χ3n) is 24.7. The Bertz CT molecular complexity index is 5390. The number of fused-ring (bicyclic) bond motifs is 6. The Labute approximate surface area is 687 Å². The van der Waals surface area contributed by atoms with Crippen LogP contribution in [0.4, 0.5) is 0 Å². The molecular formula is C113H86N4. The van der Waals surface area contributed by atoms with Crippen LogP contribution in [0.15, 0.2) is 450 Å². The van der Waals surface area contributed by atoms with E-state index in [1.54, 1.807) is 0 Å². The summed E-state index contributed by atoms with van der Waals surface area (Å²) in [6.07, 6.45) is 21.1. The molecule has 14 aromatic carbocycles. The lowest BCUT2D eigenvalue weighted by Crippen LogP contribution is -2.32. The highest BCUT2D eigenvalue weighted by Crippen LogP contribution is 2.54. The maximum atomic E-state index is 4.34. The Hall–Kier alpha value is -14.3. The molecule has 4 heterocycles. The number of nitrogens with zero attached hydrogens (tertiary/aromatic N) is 4. The molecule has 0 unspecified atom stereocenters. The van der Waals surface area contributed by atoms with Gasteiger partial charge in [-0.25, -0.2) is 0 Å². The van der Waals surface area contributed by atoms with Crippen molar-refractivity contribution in [2.24, 2.45) is 0 Å². The van der Waals surface area contributed by atoms with Crippen LogP contribution in [0.25, 0.3) is 66.8 Å². The maximum Gasteiger partial charge on any atom is 0.0706 e. The molecular weight excluding hydrogens is 1410 g/mol. The Morgan fingerprint density at radius 2 is 0.316 bits per heavy atom. The van der Waals surface area contributed by atoms with Gasteiger partial charge in [-0.05, 0) is 242 Å². The smallest absolute Gasteiger partial charge is 0.0706 e. The van der Waals surface area contributed by atoms with E-state index in [1.165, 1.54) is 156 Å². The standard InChI is InChI=1S/C39H30.2C37H28N2/c1-3-11-29(12-4-1)31-21-25-35(26-22-31)39(36-27-23-32(24-28-36)30-13-5-2-6-14-30)37-17-9-7-15-33(37)19-20-34-16-8-10-18-38(34)39;1-3-11-35-29(7-1)13-14-30-8-2-4-12-36(30)37(35,33-19-15-27(16-20-33)31-9-5-23-38-25-31)34-21-17-28(18-22-34)32-10-6-24-39-26-32;1-3-7-35-31(5-1)9-10-32-6-2-4-8-36(32)37(35,33-15-11-27(12-16-33)29-19-23-38-24-20-29)34-17-13-28(14-18-34)30-21-25-39-26-22-30/h1-18,21-28H,19-20H2;1-12,15-26H,13-14H2;1-8,11-26H,9-10H2. The van der Waals surface area contributed by atoms with Gasteiger partial charge >= 0.3 is 0 Å². The molecule has 3 aliphatic carbocycles. The van der Waals surface area contributed by atoms with Crippen molar-refractivity contribution in [3.8, 4) is 66.8 Å². The summed E-state index contributed by atoms with van der Waals surface area (Å²) in [6, 6.07) is 147. The molecule has 0 N–H and O–H groups in total. The first-order valence-corrected chi connectivity index (χ1v) is 40.9. The lowest BCUT2D eigenvalue weighted by molar-refractivity contribution is 0.739. The normalized spacial score (nSPS) is 13.6. The topological polar surface area (TPSA) is 51.6 Å². The van der Waals surface area contributed by atoms with Crippen LogP contribution in [0.2, 0.25) is 0 Å². The van der Waals surface area contributed by atoms with Gasteiger partial charge in [-0.15, -0.1) is 0 Å². The average molecular weight is 1500 g/mol. The Kier molecular flexibility index (Phi) is 20.3. The Balaban J connectivity index is 0.000000117. The quantitative estimate of drug-likeness (QED) is 0.122. The van der Waals surface area contributed by atoms with Crippen LogP contribution < -0.4 is 0 Å². The highest BCUT2D eigenvalue weighted by atomic mass is 14.6. The predicted octanol–water partition coefficient (Wildman–Crippen LogP) is 26.1. The van der Waals surface area contributed by atoms with Crippen molar-refractivity contribution in [3.05, 3.63) is 550 Å². The number of rotatable bonds is 12. The number of aryl methyl sites for hydroxylation is 6. The zero-order valence-corrected chi connectivity index (χ0v) is 65.3. The van der Waals surface area contributed by atoms with Gasteiger partial charge in [0, 0.05) is 49.6 Å². The SMILES string of the molecule is c1ccc(-c2ccc(C3(c4ccc(-c5ccccc5)cc4)c4ccccc4CCc4ccccc43)cc2)cc1.c1ccc2c(c1)CCc1ccccc1C2(c1ccc(-c2ccncc2)cc1)c1ccc(-c2ccncc2)cc1.c1cncc(-c2ccc(C3(c4ccc(-c5cccnc5)cc4)c4ccccc4CCc4ccccc43)cc2)c1. The summed E-state index contributed by atoms with van der Waals surface area (Å²) < 4.78 is 0. The molecule has 117 heavy (non-hydrogen) atoms. The van der Waals surface area contributed by atoms with Crippen LogP contribution in [-0.4, -0.2) is 19.9 Å². The molecule has 0 spiro atoms. The van der Waals surface area contributed by atoms with Gasteiger partial charge in [-0.2, -0.15) is 0 Å². The number of aromatic nitrogens is 4. The Morgan fingerprint density at radius 1 is 0.137 bits per heavy atom. The third kappa shape index (κ3) is 13.8. The van der Waals surface area contributed by atoms with Crippen molar-refractivity contribution in [3.63, 3.8) is 0 Å². The van der Waals surface area contributed by atoms with Crippen LogP contribution in [0.1, 0.15) is 100 Å². The minimum absolute atomic E-state index is 0.409. The van der Waals surface area contributed by atoms with Crippen molar-refractivity contribution in [1.82, 2.24) is 19.9 Å². The molecule has 4 heteroatoms. The summed E-state index contributed by atoms with van der Waals surface area (Å²) in [6.45, 7) is 0. The van der Waals surface area contributed by atoms with E-state index in [2.05, 4.69) is 408 Å². The summed E-state index contributed by atoms with van der Waals surface area (Å²) in [5.74, 6) is 0. The second kappa shape index (κ2) is 32.6. The molecule has 0 radical (unpaired) electrons. The highest BCUT2D eigenvalue weighted by molar-refractivity contribution is 5.76. The van der Waals surface area contributed by atoms with Gasteiger partial charge in [0.05, 0.1) is 16.2 Å². The van der Waals surface area contributed by atoms with Crippen molar-refractivity contribution >= 4 is 0 Å². The molecule has 3 aliphatic rings. The molecule has 0 atom stereocenters. The molecule has 0 bridgehead atoms. The molecule has 558 valence electrons. The van der Waals surface area contributed by atoms with E-state index in [4.69, 9.17) is 0 Å². The molecule has 18 aromatic rings. The monoisotopic (exact) mass is 1500 g/mol. The first-order valence-electron chi connectivity index (χ1n) is 40.9. The van der Waals surface area contributed by atoms with Crippen LogP contribution in [0, 0.1) is 0 Å². The summed E-state index contributed by atoms with van der Waals surface area (Å²) in [4.78, 5) is 17.1. The van der Waals surface area contributed by atoms with E-state index in [9.17, 15) is 0 Å². The van der Waals surface area contributed by atoms with Gasteiger partial charge in [0.2, 0.25) is 0 Å². The zero-order valence-electron chi connectivity index (χ0n) is 65.3. The fraction of sp³-hybridized carbons (Fsp3) is 0.0796. The first-order chi connectivity index (χ1) is 58.0. The molecule has 4 nitrogen and oxygen atoms in total. The average Bonchev–Trinajstić information content (AvgIpc) is 1.72. The largest absolute Gasteiger partial charge is 0.265 e. The molecule has 0 saturated carbocycles. The fourth-order valence-electron chi connectivity index (χ4n) is 19.1. The van der Waals surface area contributed by atoms with E-state index in [-0.39, 0.29) is 0 Å². The van der Waals surface area contributed by atoms with Crippen LogP contribution in [0.3, 0.4) is 0 Å². The lowest BCUT2D eigenvalue weighted by Gasteiger charge is -2.38. The highest BCUT2D eigenvalue weighted by Gasteiger charge is 2.46. The van der Waals surface area contributed by atoms with Gasteiger partial charge in [0.25, 0.3) is 0 Å². The molecule has 21 rings (SSSR count). The minimum atomic E-state index is -0.440. The fourth-order valence-corrected chi connectivity index (χ4v) is 19.1. The second-order valence-corrected chi connectivity index (χ2v) is 30.8. The van der Waals surface area contributed by atoms with E-state index in [0.29, 0.717) is 0 Å². The Morgan fingerprint density at radius 3 is 0.530 bits per heavy atom. The van der Waals surface area contributed by atoms with Gasteiger partial charge in [0.1, 0.15) is 0 Å². The van der Waals surface area contributed by atoms with Crippen LogP contribution in [0.5, 0.6) is 0 Å². The minimum Gasteiger partial charge on any atom is -0.265 e. The molecule has 0 aliphatic heterocycles. The van der Waals surface area contributed by atoms with Gasteiger partial charge < -0.3 is 0 Å². The number of benzene rings is 14. The number of hydrogen-bond donors (Lipinski definition) is 0. The first kappa shape index (κ1) is 72.9. The summed E-state index contributed by atoms with van der Waals surface area (Å²) >= 11 is 0. The zero-order chi connectivity index (χ0) is 78.2. The van der Waals surface area contributed by atoms with Gasteiger partial charge in [0.15, 0.2) is 0 Å². The maximum absolute atomic E-state index is 4.34. The summed E-state index contributed by atoms with van der Waals surface area (Å²) in [5, 5.41) is 0. The summed E-state index contributed by atoms with van der Waals surface area (Å²) in [5.41, 5.74) is 37.4. The number of hydrogen-bond acceptors (Lipinski definition) is 4. The molecule has 0 amide bonds. The molecule has 4 aromatic heterocycles. The van der Waals surface area contributed by atoms with E-state index in [0.717, 1.165) is 49.7 Å². The van der Waals surface area contributed by atoms with Crippen molar-refractivity contribution in [2.45, 2.75) is 54.8 Å². The van der Waals surface area contributed by atoms with E-state index < -0.39 is 16.2 Å².